The van der Waals surface area contributed by atoms with E-state index >= 15 is 0 Å². The van der Waals surface area contributed by atoms with Crippen molar-refractivity contribution in [1.82, 2.24) is 0 Å². The molecule has 3 unspecified atom stereocenters. The molecule has 1 fully saturated rings. The summed E-state index contributed by atoms with van der Waals surface area (Å²) in [5, 5.41) is 0. The molecule has 0 saturated carbocycles. The van der Waals surface area contributed by atoms with Crippen LogP contribution in [0, 0.1) is 5.92 Å². The van der Waals surface area contributed by atoms with E-state index in [9.17, 15) is 0 Å². The van der Waals surface area contributed by atoms with Crippen molar-refractivity contribution in [3.63, 3.8) is 0 Å². The minimum absolute atomic E-state index is 0.175. The lowest BCUT2D eigenvalue weighted by molar-refractivity contribution is 0.0928. The first-order valence-corrected chi connectivity index (χ1v) is 8.02. The molecule has 3 atom stereocenters. The van der Waals surface area contributed by atoms with Crippen LogP contribution in [0.15, 0.2) is 22.7 Å². The number of rotatable bonds is 4. The fourth-order valence-electron chi connectivity index (χ4n) is 2.29. The number of alkyl halides is 1. The van der Waals surface area contributed by atoms with E-state index in [0.29, 0.717) is 12.5 Å². The van der Waals surface area contributed by atoms with Crippen LogP contribution in [0.5, 0.6) is 5.75 Å². The Bertz CT molecular complexity index is 409. The van der Waals surface area contributed by atoms with Crippen LogP contribution in [0.2, 0.25) is 0 Å². The SMILES string of the molecule is CCOc1ccc(Br)cc1C(Br)C1OCCC1C. The molecule has 1 aliphatic rings. The Morgan fingerprint density at radius 1 is 1.50 bits per heavy atom. The monoisotopic (exact) mass is 376 g/mol. The molecule has 0 amide bonds. The zero-order valence-electron chi connectivity index (χ0n) is 10.7. The Hall–Kier alpha value is -0.0600. The van der Waals surface area contributed by atoms with E-state index in [1.165, 1.54) is 0 Å². The quantitative estimate of drug-likeness (QED) is 0.707. The van der Waals surface area contributed by atoms with Gasteiger partial charge < -0.3 is 9.47 Å². The highest BCUT2D eigenvalue weighted by molar-refractivity contribution is 9.10. The summed E-state index contributed by atoms with van der Waals surface area (Å²) in [4.78, 5) is 0.175. The third-order valence-electron chi connectivity index (χ3n) is 3.30. The number of ether oxygens (including phenoxy) is 2. The summed E-state index contributed by atoms with van der Waals surface area (Å²) >= 11 is 7.30. The summed E-state index contributed by atoms with van der Waals surface area (Å²) in [6.45, 7) is 5.77. The van der Waals surface area contributed by atoms with Gasteiger partial charge in [0.15, 0.2) is 0 Å². The first kappa shape index (κ1) is 14.4. The van der Waals surface area contributed by atoms with Crippen molar-refractivity contribution >= 4 is 31.9 Å². The van der Waals surface area contributed by atoms with E-state index in [4.69, 9.17) is 9.47 Å². The maximum Gasteiger partial charge on any atom is 0.123 e. The van der Waals surface area contributed by atoms with Crippen LogP contribution in [0.3, 0.4) is 0 Å². The van der Waals surface area contributed by atoms with Gasteiger partial charge in [-0.05, 0) is 37.5 Å². The molecule has 2 nitrogen and oxygen atoms in total. The van der Waals surface area contributed by atoms with Gasteiger partial charge in [0, 0.05) is 16.6 Å². The summed E-state index contributed by atoms with van der Waals surface area (Å²) in [6.07, 6.45) is 1.35. The lowest BCUT2D eigenvalue weighted by Crippen LogP contribution is -2.19. The summed E-state index contributed by atoms with van der Waals surface area (Å²) in [6, 6.07) is 6.13. The summed E-state index contributed by atoms with van der Waals surface area (Å²) in [5.41, 5.74) is 1.16. The van der Waals surface area contributed by atoms with Gasteiger partial charge in [0.2, 0.25) is 0 Å². The molecule has 0 N–H and O–H groups in total. The van der Waals surface area contributed by atoms with Crippen LogP contribution in [-0.4, -0.2) is 19.3 Å². The zero-order chi connectivity index (χ0) is 13.1. The van der Waals surface area contributed by atoms with E-state index < -0.39 is 0 Å². The van der Waals surface area contributed by atoms with E-state index in [0.717, 1.165) is 28.8 Å². The lowest BCUT2D eigenvalue weighted by Gasteiger charge is -2.23. The third kappa shape index (κ3) is 3.09. The molecule has 1 saturated heterocycles. The fourth-order valence-corrected chi connectivity index (χ4v) is 3.70. The highest BCUT2D eigenvalue weighted by atomic mass is 79.9. The smallest absolute Gasteiger partial charge is 0.123 e. The molecule has 100 valence electrons. The van der Waals surface area contributed by atoms with Gasteiger partial charge in [0.05, 0.1) is 17.5 Å². The van der Waals surface area contributed by atoms with Crippen molar-refractivity contribution in [3.05, 3.63) is 28.2 Å². The number of hydrogen-bond acceptors (Lipinski definition) is 2. The minimum Gasteiger partial charge on any atom is -0.494 e. The average Bonchev–Trinajstić information content (AvgIpc) is 2.77. The van der Waals surface area contributed by atoms with Crippen molar-refractivity contribution in [2.24, 2.45) is 5.92 Å². The second-order valence-corrected chi connectivity index (χ2v) is 6.52. The predicted molar refractivity (Wildman–Crippen MR) is 80.5 cm³/mol. The van der Waals surface area contributed by atoms with E-state index in [1.54, 1.807) is 0 Å². The van der Waals surface area contributed by atoms with E-state index in [1.807, 2.05) is 19.1 Å². The molecule has 0 radical (unpaired) electrons. The van der Waals surface area contributed by atoms with Crippen LogP contribution in [-0.2, 0) is 4.74 Å². The van der Waals surface area contributed by atoms with Gasteiger partial charge in [0.25, 0.3) is 0 Å². The van der Waals surface area contributed by atoms with Crippen LogP contribution in [0.25, 0.3) is 0 Å². The Kier molecular flexibility index (Phi) is 5.10. The predicted octanol–water partition coefficient (Wildman–Crippen LogP) is 4.71. The number of halogens is 2. The van der Waals surface area contributed by atoms with Crippen molar-refractivity contribution < 1.29 is 9.47 Å². The van der Waals surface area contributed by atoms with Gasteiger partial charge >= 0.3 is 0 Å². The van der Waals surface area contributed by atoms with Crippen LogP contribution < -0.4 is 4.74 Å². The van der Waals surface area contributed by atoms with Crippen molar-refractivity contribution in [2.45, 2.75) is 31.2 Å². The maximum atomic E-state index is 5.84. The Balaban J connectivity index is 2.27. The largest absolute Gasteiger partial charge is 0.494 e. The summed E-state index contributed by atoms with van der Waals surface area (Å²) < 4.78 is 12.6. The molecule has 1 aromatic rings. The molecule has 1 heterocycles. The van der Waals surface area contributed by atoms with Gasteiger partial charge in [-0.15, -0.1) is 0 Å². The molecule has 1 aliphatic heterocycles. The summed E-state index contributed by atoms with van der Waals surface area (Å²) in [5.74, 6) is 1.51. The van der Waals surface area contributed by atoms with E-state index in [-0.39, 0.29) is 10.9 Å². The number of benzene rings is 1. The molecular weight excluding hydrogens is 360 g/mol. The van der Waals surface area contributed by atoms with Gasteiger partial charge in [-0.2, -0.15) is 0 Å². The van der Waals surface area contributed by atoms with Gasteiger partial charge in [0.1, 0.15) is 5.75 Å². The molecule has 2 rings (SSSR count). The Morgan fingerprint density at radius 3 is 2.89 bits per heavy atom. The Labute approximate surface area is 125 Å². The molecule has 0 aliphatic carbocycles. The van der Waals surface area contributed by atoms with Crippen LogP contribution in [0.4, 0.5) is 0 Å². The molecular formula is C14H18Br2O2. The maximum absolute atomic E-state index is 5.84. The Morgan fingerprint density at radius 2 is 2.28 bits per heavy atom. The second-order valence-electron chi connectivity index (χ2n) is 4.62. The minimum atomic E-state index is 0.175. The van der Waals surface area contributed by atoms with Crippen LogP contribution in [0.1, 0.15) is 30.7 Å². The zero-order valence-corrected chi connectivity index (χ0v) is 13.8. The second kappa shape index (κ2) is 6.40. The molecule has 1 aromatic carbocycles. The first-order valence-electron chi connectivity index (χ1n) is 6.31. The number of hydrogen-bond donors (Lipinski definition) is 0. The fraction of sp³-hybridized carbons (Fsp3) is 0.571. The average molecular weight is 378 g/mol. The topological polar surface area (TPSA) is 18.5 Å². The molecule has 0 spiro atoms. The molecule has 0 bridgehead atoms. The molecule has 0 aromatic heterocycles. The highest BCUT2D eigenvalue weighted by Gasteiger charge is 2.33. The third-order valence-corrected chi connectivity index (χ3v) is 4.81. The summed E-state index contributed by atoms with van der Waals surface area (Å²) in [7, 11) is 0. The first-order chi connectivity index (χ1) is 8.63. The standard InChI is InChI=1S/C14H18Br2O2/c1-3-17-12-5-4-10(15)8-11(12)13(16)14-9(2)6-7-18-14/h4-5,8-9,13-14H,3,6-7H2,1-2H3. The van der Waals surface area contributed by atoms with Crippen molar-refractivity contribution in [1.29, 1.82) is 0 Å². The van der Waals surface area contributed by atoms with Gasteiger partial charge in [-0.3, -0.25) is 0 Å². The normalized spacial score (nSPS) is 25.1. The molecule has 4 heteroatoms. The lowest BCUT2D eigenvalue weighted by atomic mass is 9.97. The highest BCUT2D eigenvalue weighted by Crippen LogP contribution is 2.41. The van der Waals surface area contributed by atoms with Crippen molar-refractivity contribution in [2.75, 3.05) is 13.2 Å². The van der Waals surface area contributed by atoms with Crippen LogP contribution >= 0.6 is 31.9 Å². The van der Waals surface area contributed by atoms with Gasteiger partial charge in [-0.25, -0.2) is 0 Å². The van der Waals surface area contributed by atoms with Crippen molar-refractivity contribution in [3.8, 4) is 5.75 Å². The van der Waals surface area contributed by atoms with Gasteiger partial charge in [-0.1, -0.05) is 38.8 Å². The van der Waals surface area contributed by atoms with E-state index in [2.05, 4.69) is 44.8 Å². The molecule has 18 heavy (non-hydrogen) atoms.